The summed E-state index contributed by atoms with van der Waals surface area (Å²) in [6, 6.07) is -0.536. The lowest BCUT2D eigenvalue weighted by atomic mass is 10.1. The Labute approximate surface area is 83.3 Å². The van der Waals surface area contributed by atoms with Crippen LogP contribution >= 0.6 is 0 Å². The predicted molar refractivity (Wildman–Crippen MR) is 51.5 cm³/mol. The van der Waals surface area contributed by atoms with Gasteiger partial charge < -0.3 is 15.4 Å². The molecule has 1 aromatic rings. The maximum Gasteiger partial charge on any atom is 0.226 e. The third-order valence-corrected chi connectivity index (χ3v) is 1.95. The number of rotatable bonds is 5. The fourth-order valence-electron chi connectivity index (χ4n) is 1.01. The van der Waals surface area contributed by atoms with Crippen molar-refractivity contribution < 1.29 is 9.63 Å². The molecular weight excluding hydrogens is 182 g/mol. The first kappa shape index (κ1) is 11.1. The fourth-order valence-corrected chi connectivity index (χ4v) is 1.01. The maximum absolute atomic E-state index is 8.77. The first-order chi connectivity index (χ1) is 6.63. The van der Waals surface area contributed by atoms with E-state index in [1.165, 1.54) is 0 Å². The molecule has 1 rings (SSSR count). The molecule has 0 amide bonds. The van der Waals surface area contributed by atoms with Crippen LogP contribution in [-0.2, 0) is 6.42 Å². The van der Waals surface area contributed by atoms with E-state index in [9.17, 15) is 0 Å². The smallest absolute Gasteiger partial charge is 0.226 e. The highest BCUT2D eigenvalue weighted by atomic mass is 16.5. The van der Waals surface area contributed by atoms with Gasteiger partial charge in [0.1, 0.15) is 0 Å². The van der Waals surface area contributed by atoms with E-state index in [-0.39, 0.29) is 6.61 Å². The van der Waals surface area contributed by atoms with Crippen molar-refractivity contribution in [1.82, 2.24) is 10.1 Å². The number of hydrogen-bond acceptors (Lipinski definition) is 5. The van der Waals surface area contributed by atoms with Gasteiger partial charge in [-0.15, -0.1) is 0 Å². The van der Waals surface area contributed by atoms with Gasteiger partial charge >= 0.3 is 0 Å². The molecular formula is C9H17N3O2. The fraction of sp³-hybridized carbons (Fsp3) is 0.778. The van der Waals surface area contributed by atoms with Gasteiger partial charge in [0.2, 0.25) is 5.89 Å². The van der Waals surface area contributed by atoms with E-state index in [4.69, 9.17) is 15.4 Å². The first-order valence-electron chi connectivity index (χ1n) is 4.82. The van der Waals surface area contributed by atoms with Crippen LogP contribution in [0.1, 0.15) is 38.0 Å². The van der Waals surface area contributed by atoms with Crippen molar-refractivity contribution in [2.24, 2.45) is 11.7 Å². The van der Waals surface area contributed by atoms with E-state index in [0.29, 0.717) is 17.6 Å². The summed E-state index contributed by atoms with van der Waals surface area (Å²) in [5.74, 6) is 1.58. The Balaban J connectivity index is 2.50. The topological polar surface area (TPSA) is 85.2 Å². The van der Waals surface area contributed by atoms with E-state index < -0.39 is 6.04 Å². The molecule has 1 heterocycles. The molecule has 1 atom stereocenters. The SMILES string of the molecule is CC(C)CCc1nc(C(N)CO)no1. The van der Waals surface area contributed by atoms with Crippen LogP contribution in [0.3, 0.4) is 0 Å². The largest absolute Gasteiger partial charge is 0.394 e. The van der Waals surface area contributed by atoms with Crippen LogP contribution in [0.5, 0.6) is 0 Å². The molecule has 1 aromatic heterocycles. The molecule has 0 bridgehead atoms. The number of hydrogen-bond donors (Lipinski definition) is 2. The first-order valence-corrected chi connectivity index (χ1v) is 4.82. The minimum atomic E-state index is -0.536. The molecule has 0 fully saturated rings. The summed E-state index contributed by atoms with van der Waals surface area (Å²) in [7, 11) is 0. The lowest BCUT2D eigenvalue weighted by Gasteiger charge is -2.00. The standard InChI is InChI=1S/C9H17N3O2/c1-6(2)3-4-8-11-9(12-14-8)7(10)5-13/h6-7,13H,3-5,10H2,1-2H3. The molecule has 80 valence electrons. The van der Waals surface area contributed by atoms with Crippen LogP contribution in [0, 0.1) is 5.92 Å². The summed E-state index contributed by atoms with van der Waals surface area (Å²) >= 11 is 0. The highest BCUT2D eigenvalue weighted by Crippen LogP contribution is 2.09. The quantitative estimate of drug-likeness (QED) is 0.727. The number of aliphatic hydroxyl groups is 1. The molecule has 0 saturated carbocycles. The van der Waals surface area contributed by atoms with E-state index in [1.54, 1.807) is 0 Å². The number of nitrogens with two attached hydrogens (primary N) is 1. The van der Waals surface area contributed by atoms with E-state index in [0.717, 1.165) is 12.8 Å². The molecule has 0 aromatic carbocycles. The average Bonchev–Trinajstić information content (AvgIpc) is 2.62. The second-order valence-corrected chi connectivity index (χ2v) is 3.77. The van der Waals surface area contributed by atoms with E-state index in [2.05, 4.69) is 24.0 Å². The van der Waals surface area contributed by atoms with Crippen LogP contribution in [0.15, 0.2) is 4.52 Å². The summed E-state index contributed by atoms with van der Waals surface area (Å²) in [5, 5.41) is 12.5. The van der Waals surface area contributed by atoms with E-state index >= 15 is 0 Å². The van der Waals surface area contributed by atoms with Gasteiger partial charge in [0.25, 0.3) is 0 Å². The molecule has 5 heteroatoms. The Bertz CT molecular complexity index is 273. The second-order valence-electron chi connectivity index (χ2n) is 3.77. The molecule has 5 nitrogen and oxygen atoms in total. The van der Waals surface area contributed by atoms with Gasteiger partial charge in [-0.3, -0.25) is 0 Å². The van der Waals surface area contributed by atoms with Gasteiger partial charge in [0, 0.05) is 6.42 Å². The Kier molecular flexibility index (Phi) is 4.03. The molecule has 0 aliphatic rings. The normalized spacial score (nSPS) is 13.5. The van der Waals surface area contributed by atoms with Crippen LogP contribution < -0.4 is 5.73 Å². The number of aromatic nitrogens is 2. The van der Waals surface area contributed by atoms with Gasteiger partial charge in [-0.1, -0.05) is 19.0 Å². The van der Waals surface area contributed by atoms with Gasteiger partial charge in [-0.2, -0.15) is 4.98 Å². The number of nitrogens with zero attached hydrogens (tertiary/aromatic N) is 2. The lowest BCUT2D eigenvalue weighted by Crippen LogP contribution is -2.16. The predicted octanol–water partition coefficient (Wildman–Crippen LogP) is 0.650. The van der Waals surface area contributed by atoms with Gasteiger partial charge in [-0.25, -0.2) is 0 Å². The minimum Gasteiger partial charge on any atom is -0.394 e. The summed E-state index contributed by atoms with van der Waals surface area (Å²) in [4.78, 5) is 4.09. The minimum absolute atomic E-state index is 0.164. The van der Waals surface area contributed by atoms with Gasteiger partial charge in [0.15, 0.2) is 5.82 Å². The zero-order valence-electron chi connectivity index (χ0n) is 8.60. The Hall–Kier alpha value is -0.940. The van der Waals surface area contributed by atoms with Gasteiger partial charge in [0.05, 0.1) is 12.6 Å². The van der Waals surface area contributed by atoms with Crippen molar-refractivity contribution >= 4 is 0 Å². The molecule has 14 heavy (non-hydrogen) atoms. The molecule has 1 unspecified atom stereocenters. The number of aryl methyl sites for hydroxylation is 1. The third kappa shape index (κ3) is 3.08. The molecule has 0 radical (unpaired) electrons. The monoisotopic (exact) mass is 199 g/mol. The van der Waals surface area contributed by atoms with Crippen molar-refractivity contribution in [2.45, 2.75) is 32.7 Å². The Morgan fingerprint density at radius 2 is 2.21 bits per heavy atom. The van der Waals surface area contributed by atoms with Crippen LogP contribution in [-0.4, -0.2) is 21.9 Å². The summed E-state index contributed by atoms with van der Waals surface area (Å²) in [6.07, 6.45) is 1.78. The summed E-state index contributed by atoms with van der Waals surface area (Å²) in [5.41, 5.74) is 5.53. The molecule has 0 spiro atoms. The van der Waals surface area contributed by atoms with Crippen molar-refractivity contribution in [3.8, 4) is 0 Å². The summed E-state index contributed by atoms with van der Waals surface area (Å²) < 4.78 is 4.99. The average molecular weight is 199 g/mol. The van der Waals surface area contributed by atoms with Crippen molar-refractivity contribution in [2.75, 3.05) is 6.61 Å². The summed E-state index contributed by atoms with van der Waals surface area (Å²) in [6.45, 7) is 4.11. The molecule has 0 aliphatic carbocycles. The third-order valence-electron chi connectivity index (χ3n) is 1.95. The Morgan fingerprint density at radius 3 is 2.79 bits per heavy atom. The van der Waals surface area contributed by atoms with Crippen molar-refractivity contribution in [3.63, 3.8) is 0 Å². The highest BCUT2D eigenvalue weighted by Gasteiger charge is 2.12. The molecule has 0 aliphatic heterocycles. The zero-order valence-corrected chi connectivity index (χ0v) is 8.60. The van der Waals surface area contributed by atoms with Crippen LogP contribution in [0.2, 0.25) is 0 Å². The van der Waals surface area contributed by atoms with E-state index in [1.807, 2.05) is 0 Å². The maximum atomic E-state index is 8.77. The van der Waals surface area contributed by atoms with Gasteiger partial charge in [-0.05, 0) is 12.3 Å². The van der Waals surface area contributed by atoms with Crippen LogP contribution in [0.25, 0.3) is 0 Å². The highest BCUT2D eigenvalue weighted by molar-refractivity contribution is 4.92. The van der Waals surface area contributed by atoms with Crippen LogP contribution in [0.4, 0.5) is 0 Å². The molecule has 3 N–H and O–H groups in total. The van der Waals surface area contributed by atoms with Crippen molar-refractivity contribution in [1.29, 1.82) is 0 Å². The number of aliphatic hydroxyl groups excluding tert-OH is 1. The Morgan fingerprint density at radius 1 is 1.50 bits per heavy atom. The lowest BCUT2D eigenvalue weighted by molar-refractivity contribution is 0.259. The zero-order chi connectivity index (χ0) is 10.6. The molecule has 0 saturated heterocycles. The van der Waals surface area contributed by atoms with Crippen molar-refractivity contribution in [3.05, 3.63) is 11.7 Å². The second kappa shape index (κ2) is 5.07.